The predicted molar refractivity (Wildman–Crippen MR) is 78.1 cm³/mol. The van der Waals surface area contributed by atoms with E-state index in [1.54, 1.807) is 0 Å². The maximum atomic E-state index is 11.4. The summed E-state index contributed by atoms with van der Waals surface area (Å²) in [6, 6.07) is 6.19. The number of fused-ring (bicyclic) bond motifs is 4. The lowest BCUT2D eigenvalue weighted by molar-refractivity contribution is -0.143. The van der Waals surface area contributed by atoms with Gasteiger partial charge < -0.3 is 19.9 Å². The van der Waals surface area contributed by atoms with Crippen molar-refractivity contribution in [2.75, 3.05) is 18.5 Å². The third kappa shape index (κ3) is 3.04. The minimum atomic E-state index is -0.446. The van der Waals surface area contributed by atoms with Crippen molar-refractivity contribution in [1.29, 1.82) is 0 Å². The summed E-state index contributed by atoms with van der Waals surface area (Å²) in [5.74, 6) is -0.162. The van der Waals surface area contributed by atoms with Crippen molar-refractivity contribution >= 4 is 11.7 Å². The van der Waals surface area contributed by atoms with Crippen LogP contribution < -0.4 is 5.32 Å². The Balaban J connectivity index is 1.71. The number of aliphatic hydroxyl groups is 1. The van der Waals surface area contributed by atoms with Gasteiger partial charge in [0.1, 0.15) is 0 Å². The summed E-state index contributed by atoms with van der Waals surface area (Å²) in [6.07, 6.45) is 1.45. The Morgan fingerprint density at radius 1 is 1.52 bits per heavy atom. The van der Waals surface area contributed by atoms with Gasteiger partial charge in [0, 0.05) is 24.1 Å². The van der Waals surface area contributed by atoms with Gasteiger partial charge in [0.15, 0.2) is 0 Å². The molecule has 3 rings (SSSR count). The fourth-order valence-electron chi connectivity index (χ4n) is 3.00. The van der Waals surface area contributed by atoms with Crippen LogP contribution in [0.3, 0.4) is 0 Å². The number of aryl methyl sites for hydroxylation is 1. The summed E-state index contributed by atoms with van der Waals surface area (Å²) in [5, 5.41) is 13.2. The maximum absolute atomic E-state index is 11.4. The number of benzene rings is 1. The molecule has 1 aromatic carbocycles. The second-order valence-electron chi connectivity index (χ2n) is 5.60. The molecule has 1 saturated heterocycles. The van der Waals surface area contributed by atoms with E-state index < -0.39 is 6.10 Å². The van der Waals surface area contributed by atoms with E-state index in [-0.39, 0.29) is 18.1 Å². The lowest BCUT2D eigenvalue weighted by Crippen LogP contribution is -2.45. The topological polar surface area (TPSA) is 67.8 Å². The standard InChI is InChI=1S/C16H21NO4/c1-2-20-16(19)6-4-10-3-5-12-11(7-10)15-8-13(17-12)14(18)9-21-15/h3,5,7,13-15,17-18H,2,4,6,8-9H2,1H3/t13?,14-,15?/m1/s1. The summed E-state index contributed by atoms with van der Waals surface area (Å²) in [4.78, 5) is 11.4. The van der Waals surface area contributed by atoms with Crippen molar-refractivity contribution < 1.29 is 19.4 Å². The van der Waals surface area contributed by atoms with Crippen molar-refractivity contribution in [3.05, 3.63) is 29.3 Å². The molecule has 5 nitrogen and oxygen atoms in total. The molecule has 21 heavy (non-hydrogen) atoms. The summed E-state index contributed by atoms with van der Waals surface area (Å²) in [7, 11) is 0. The van der Waals surface area contributed by atoms with Crippen molar-refractivity contribution in [3.8, 4) is 0 Å². The Labute approximate surface area is 124 Å². The molecule has 1 fully saturated rings. The Bertz CT molecular complexity index is 531. The minimum absolute atomic E-state index is 0.0391. The van der Waals surface area contributed by atoms with Gasteiger partial charge >= 0.3 is 5.97 Å². The van der Waals surface area contributed by atoms with Crippen LogP contribution in [0, 0.1) is 0 Å². The van der Waals surface area contributed by atoms with Gasteiger partial charge in [-0.1, -0.05) is 12.1 Å². The number of ether oxygens (including phenoxy) is 2. The number of hydrogen-bond donors (Lipinski definition) is 2. The second-order valence-corrected chi connectivity index (χ2v) is 5.60. The zero-order valence-electron chi connectivity index (χ0n) is 12.2. The Morgan fingerprint density at radius 2 is 2.38 bits per heavy atom. The fraction of sp³-hybridized carbons (Fsp3) is 0.562. The molecule has 0 aliphatic carbocycles. The first-order chi connectivity index (χ1) is 10.2. The molecule has 2 N–H and O–H groups in total. The molecule has 2 aliphatic heterocycles. The van der Waals surface area contributed by atoms with E-state index in [9.17, 15) is 9.90 Å². The number of nitrogens with one attached hydrogen (secondary N) is 1. The first kappa shape index (κ1) is 14.4. The summed E-state index contributed by atoms with van der Waals surface area (Å²) in [6.45, 7) is 2.61. The van der Waals surface area contributed by atoms with E-state index in [0.717, 1.165) is 23.2 Å². The Morgan fingerprint density at radius 3 is 3.19 bits per heavy atom. The van der Waals surface area contributed by atoms with Crippen molar-refractivity contribution in [1.82, 2.24) is 0 Å². The minimum Gasteiger partial charge on any atom is -0.466 e. The molecule has 2 aliphatic rings. The summed E-state index contributed by atoms with van der Waals surface area (Å²) in [5.41, 5.74) is 3.26. The molecule has 5 heteroatoms. The van der Waals surface area contributed by atoms with Crippen LogP contribution in [0.25, 0.3) is 0 Å². The van der Waals surface area contributed by atoms with Gasteiger partial charge in [-0.3, -0.25) is 4.79 Å². The van der Waals surface area contributed by atoms with Crippen molar-refractivity contribution in [2.45, 2.75) is 44.4 Å². The molecule has 0 aromatic heterocycles. The zero-order chi connectivity index (χ0) is 14.8. The average molecular weight is 291 g/mol. The largest absolute Gasteiger partial charge is 0.466 e. The molecule has 0 saturated carbocycles. The van der Waals surface area contributed by atoms with E-state index in [2.05, 4.69) is 11.4 Å². The molecule has 0 amide bonds. The monoisotopic (exact) mass is 291 g/mol. The highest BCUT2D eigenvalue weighted by Gasteiger charge is 2.36. The summed E-state index contributed by atoms with van der Waals surface area (Å²) < 4.78 is 10.7. The van der Waals surface area contributed by atoms with E-state index in [0.29, 0.717) is 26.1 Å². The Kier molecular flexibility index (Phi) is 4.12. The SMILES string of the molecule is CCOC(=O)CCc1ccc2c(c1)C1CC(N2)[C@H](O)CO1. The van der Waals surface area contributed by atoms with E-state index >= 15 is 0 Å². The second kappa shape index (κ2) is 6.03. The van der Waals surface area contributed by atoms with Crippen LogP contribution in [0.5, 0.6) is 0 Å². The van der Waals surface area contributed by atoms with Crippen LogP contribution in [0.2, 0.25) is 0 Å². The molecule has 0 spiro atoms. The molecule has 2 bridgehead atoms. The van der Waals surface area contributed by atoms with E-state index in [1.165, 1.54) is 0 Å². The first-order valence-corrected chi connectivity index (χ1v) is 7.52. The zero-order valence-corrected chi connectivity index (χ0v) is 12.2. The third-order valence-corrected chi connectivity index (χ3v) is 4.13. The van der Waals surface area contributed by atoms with Gasteiger partial charge in [-0.25, -0.2) is 0 Å². The number of carbonyl (C=O) groups excluding carboxylic acids is 1. The van der Waals surface area contributed by atoms with Crippen LogP contribution in [-0.2, 0) is 20.7 Å². The van der Waals surface area contributed by atoms with Crippen LogP contribution in [0.15, 0.2) is 18.2 Å². The van der Waals surface area contributed by atoms with E-state index in [4.69, 9.17) is 9.47 Å². The summed E-state index contributed by atoms with van der Waals surface area (Å²) >= 11 is 0. The lowest BCUT2D eigenvalue weighted by Gasteiger charge is -2.40. The molecular weight excluding hydrogens is 270 g/mol. The third-order valence-electron chi connectivity index (χ3n) is 4.13. The quantitative estimate of drug-likeness (QED) is 0.828. The van der Waals surface area contributed by atoms with Gasteiger partial charge in [0.2, 0.25) is 0 Å². The number of esters is 1. The smallest absolute Gasteiger partial charge is 0.306 e. The molecule has 1 aromatic rings. The highest BCUT2D eigenvalue weighted by Crippen LogP contribution is 2.39. The maximum Gasteiger partial charge on any atom is 0.306 e. The lowest BCUT2D eigenvalue weighted by atomic mass is 9.88. The number of rotatable bonds is 4. The molecule has 114 valence electrons. The highest BCUT2D eigenvalue weighted by atomic mass is 16.5. The van der Waals surface area contributed by atoms with Gasteiger partial charge in [0.05, 0.1) is 31.5 Å². The van der Waals surface area contributed by atoms with E-state index in [1.807, 2.05) is 19.1 Å². The number of carbonyl (C=O) groups is 1. The van der Waals surface area contributed by atoms with Crippen LogP contribution >= 0.6 is 0 Å². The van der Waals surface area contributed by atoms with Gasteiger partial charge in [-0.2, -0.15) is 0 Å². The normalized spacial score (nSPS) is 26.7. The van der Waals surface area contributed by atoms with Gasteiger partial charge in [-0.05, 0) is 25.0 Å². The predicted octanol–water partition coefficient (Wildman–Crippen LogP) is 1.80. The number of aliphatic hydroxyl groups excluding tert-OH is 1. The first-order valence-electron chi connectivity index (χ1n) is 7.52. The van der Waals surface area contributed by atoms with Crippen molar-refractivity contribution in [2.24, 2.45) is 0 Å². The van der Waals surface area contributed by atoms with Crippen LogP contribution in [0.1, 0.15) is 37.0 Å². The van der Waals surface area contributed by atoms with Gasteiger partial charge in [-0.15, -0.1) is 0 Å². The molecule has 0 radical (unpaired) electrons. The number of hydrogen-bond acceptors (Lipinski definition) is 5. The average Bonchev–Trinajstić information content (AvgIpc) is 2.49. The van der Waals surface area contributed by atoms with Crippen LogP contribution in [0.4, 0.5) is 5.69 Å². The molecule has 2 heterocycles. The molecule has 3 atom stereocenters. The fourth-order valence-corrected chi connectivity index (χ4v) is 3.00. The number of anilines is 1. The van der Waals surface area contributed by atoms with Crippen LogP contribution in [-0.4, -0.2) is 36.4 Å². The van der Waals surface area contributed by atoms with Crippen molar-refractivity contribution in [3.63, 3.8) is 0 Å². The highest BCUT2D eigenvalue weighted by molar-refractivity contribution is 5.69. The Hall–Kier alpha value is -1.59. The molecular formula is C16H21NO4. The van der Waals surface area contributed by atoms with Gasteiger partial charge in [0.25, 0.3) is 0 Å². The molecule has 2 unspecified atom stereocenters.